The van der Waals surface area contributed by atoms with Crippen molar-refractivity contribution in [2.24, 2.45) is 11.8 Å². The summed E-state index contributed by atoms with van der Waals surface area (Å²) in [6, 6.07) is 0.0226. The fourth-order valence-electron chi connectivity index (χ4n) is 2.91. The molecule has 0 aromatic heterocycles. The van der Waals surface area contributed by atoms with Crippen molar-refractivity contribution in [2.45, 2.75) is 38.6 Å². The molecule has 2 heterocycles. The van der Waals surface area contributed by atoms with Crippen LogP contribution in [0.3, 0.4) is 0 Å². The number of hydrogen-bond acceptors (Lipinski definition) is 3. The molecule has 2 aliphatic heterocycles. The zero-order chi connectivity index (χ0) is 12.3. The fourth-order valence-corrected chi connectivity index (χ4v) is 2.91. The lowest BCUT2D eigenvalue weighted by molar-refractivity contribution is -0.136. The molecule has 2 fully saturated rings. The largest absolute Gasteiger partial charge is 0.396 e. The molecule has 0 saturated carbocycles. The van der Waals surface area contributed by atoms with Gasteiger partial charge in [-0.05, 0) is 44.1 Å². The number of nitrogens with zero attached hydrogens (tertiary/aromatic N) is 1. The minimum atomic E-state index is 0.0226. The van der Waals surface area contributed by atoms with Crippen LogP contribution in [0.4, 0.5) is 0 Å². The van der Waals surface area contributed by atoms with Crippen molar-refractivity contribution in [3.05, 3.63) is 0 Å². The summed E-state index contributed by atoms with van der Waals surface area (Å²) in [4.78, 5) is 14.3. The third-order valence-corrected chi connectivity index (χ3v) is 4.22. The molecule has 0 aromatic carbocycles. The molecule has 4 heteroatoms. The van der Waals surface area contributed by atoms with E-state index in [0.717, 1.165) is 38.9 Å². The highest BCUT2D eigenvalue weighted by atomic mass is 16.3. The summed E-state index contributed by atoms with van der Waals surface area (Å²) in [5, 5.41) is 12.4. The molecule has 2 aliphatic rings. The van der Waals surface area contributed by atoms with E-state index >= 15 is 0 Å². The highest BCUT2D eigenvalue weighted by Crippen LogP contribution is 2.21. The van der Waals surface area contributed by atoms with Crippen LogP contribution in [-0.4, -0.2) is 48.2 Å². The van der Waals surface area contributed by atoms with Crippen LogP contribution in [-0.2, 0) is 4.79 Å². The standard InChI is InChI=1S/C13H24N2O2/c1-10-3-2-6-14-12(10)13(17)15-7-4-11(9-16)5-8-15/h10-12,14,16H,2-9H2,1H3. The second kappa shape index (κ2) is 5.83. The molecule has 4 nitrogen and oxygen atoms in total. The molecule has 17 heavy (non-hydrogen) atoms. The van der Waals surface area contributed by atoms with E-state index in [2.05, 4.69) is 12.2 Å². The van der Waals surface area contributed by atoms with Gasteiger partial charge in [-0.15, -0.1) is 0 Å². The Morgan fingerprint density at radius 2 is 2.06 bits per heavy atom. The van der Waals surface area contributed by atoms with Crippen LogP contribution in [0.25, 0.3) is 0 Å². The first-order valence-electron chi connectivity index (χ1n) is 6.85. The summed E-state index contributed by atoms with van der Waals surface area (Å²) in [6.07, 6.45) is 4.22. The van der Waals surface area contributed by atoms with E-state index in [1.807, 2.05) is 4.90 Å². The van der Waals surface area contributed by atoms with Crippen LogP contribution in [0.5, 0.6) is 0 Å². The van der Waals surface area contributed by atoms with E-state index in [9.17, 15) is 4.79 Å². The van der Waals surface area contributed by atoms with E-state index < -0.39 is 0 Å². The van der Waals surface area contributed by atoms with Crippen molar-refractivity contribution >= 4 is 5.91 Å². The average Bonchev–Trinajstić information content (AvgIpc) is 2.39. The number of carbonyl (C=O) groups excluding carboxylic acids is 1. The summed E-state index contributed by atoms with van der Waals surface area (Å²) >= 11 is 0. The number of aliphatic hydroxyl groups excluding tert-OH is 1. The highest BCUT2D eigenvalue weighted by Gasteiger charge is 2.32. The summed E-state index contributed by atoms with van der Waals surface area (Å²) in [5.41, 5.74) is 0. The second-order valence-corrected chi connectivity index (χ2v) is 5.50. The molecule has 2 N–H and O–H groups in total. The predicted octanol–water partition coefficient (Wildman–Crippen LogP) is 0.605. The molecule has 0 bridgehead atoms. The van der Waals surface area contributed by atoms with Crippen molar-refractivity contribution in [3.63, 3.8) is 0 Å². The first-order chi connectivity index (χ1) is 8.22. The van der Waals surface area contributed by atoms with E-state index in [4.69, 9.17) is 5.11 Å². The number of carbonyl (C=O) groups is 1. The summed E-state index contributed by atoms with van der Waals surface area (Å²) in [6.45, 7) is 5.02. The van der Waals surface area contributed by atoms with Gasteiger partial charge in [0.15, 0.2) is 0 Å². The third kappa shape index (κ3) is 2.99. The quantitative estimate of drug-likeness (QED) is 0.743. The van der Waals surface area contributed by atoms with Gasteiger partial charge in [0.1, 0.15) is 0 Å². The molecule has 0 aliphatic carbocycles. The molecule has 0 spiro atoms. The lowest BCUT2D eigenvalue weighted by Gasteiger charge is -2.37. The normalized spacial score (nSPS) is 31.5. The van der Waals surface area contributed by atoms with Gasteiger partial charge < -0.3 is 15.3 Å². The maximum atomic E-state index is 12.4. The SMILES string of the molecule is CC1CCCNC1C(=O)N1CCC(CO)CC1. The topological polar surface area (TPSA) is 52.6 Å². The number of amides is 1. The number of nitrogens with one attached hydrogen (secondary N) is 1. The van der Waals surface area contributed by atoms with Crippen LogP contribution in [0.2, 0.25) is 0 Å². The fraction of sp³-hybridized carbons (Fsp3) is 0.923. The Balaban J connectivity index is 1.87. The Labute approximate surface area is 103 Å². The van der Waals surface area contributed by atoms with Gasteiger partial charge in [0.25, 0.3) is 0 Å². The number of likely N-dealkylation sites (tertiary alicyclic amines) is 1. The Hall–Kier alpha value is -0.610. The maximum absolute atomic E-state index is 12.4. The number of hydrogen-bond donors (Lipinski definition) is 2. The minimum absolute atomic E-state index is 0.0226. The van der Waals surface area contributed by atoms with Crippen molar-refractivity contribution in [3.8, 4) is 0 Å². The van der Waals surface area contributed by atoms with Gasteiger partial charge in [-0.3, -0.25) is 4.79 Å². The first kappa shape index (κ1) is 12.8. The predicted molar refractivity (Wildman–Crippen MR) is 66.6 cm³/mol. The van der Waals surface area contributed by atoms with E-state index in [1.54, 1.807) is 0 Å². The zero-order valence-electron chi connectivity index (χ0n) is 10.7. The second-order valence-electron chi connectivity index (χ2n) is 5.50. The Kier molecular flexibility index (Phi) is 4.40. The smallest absolute Gasteiger partial charge is 0.239 e. The van der Waals surface area contributed by atoms with Crippen LogP contribution < -0.4 is 5.32 Å². The summed E-state index contributed by atoms with van der Waals surface area (Å²) in [7, 11) is 0. The molecule has 0 radical (unpaired) electrons. The van der Waals surface area contributed by atoms with Gasteiger partial charge in [0.05, 0.1) is 6.04 Å². The van der Waals surface area contributed by atoms with Crippen LogP contribution in [0.15, 0.2) is 0 Å². The Morgan fingerprint density at radius 3 is 2.65 bits per heavy atom. The molecular weight excluding hydrogens is 216 g/mol. The van der Waals surface area contributed by atoms with Gasteiger partial charge in [-0.2, -0.15) is 0 Å². The van der Waals surface area contributed by atoms with Crippen molar-refractivity contribution < 1.29 is 9.90 Å². The first-order valence-corrected chi connectivity index (χ1v) is 6.85. The average molecular weight is 240 g/mol. The van der Waals surface area contributed by atoms with Crippen molar-refractivity contribution in [1.82, 2.24) is 10.2 Å². The molecule has 98 valence electrons. The van der Waals surface area contributed by atoms with E-state index in [-0.39, 0.29) is 18.6 Å². The monoisotopic (exact) mass is 240 g/mol. The van der Waals surface area contributed by atoms with E-state index in [1.165, 1.54) is 6.42 Å². The third-order valence-electron chi connectivity index (χ3n) is 4.22. The number of aliphatic hydroxyl groups is 1. The molecular formula is C13H24N2O2. The minimum Gasteiger partial charge on any atom is -0.396 e. The van der Waals surface area contributed by atoms with Gasteiger partial charge in [0, 0.05) is 19.7 Å². The summed E-state index contributed by atoms with van der Waals surface area (Å²) < 4.78 is 0. The summed E-state index contributed by atoms with van der Waals surface area (Å²) in [5.74, 6) is 1.12. The van der Waals surface area contributed by atoms with Crippen molar-refractivity contribution in [1.29, 1.82) is 0 Å². The molecule has 2 unspecified atom stereocenters. The van der Waals surface area contributed by atoms with Crippen LogP contribution in [0, 0.1) is 11.8 Å². The van der Waals surface area contributed by atoms with Crippen molar-refractivity contribution in [2.75, 3.05) is 26.2 Å². The Bertz CT molecular complexity index is 262. The zero-order valence-corrected chi connectivity index (χ0v) is 10.7. The molecule has 2 atom stereocenters. The van der Waals surface area contributed by atoms with Crippen LogP contribution in [0.1, 0.15) is 32.6 Å². The van der Waals surface area contributed by atoms with Gasteiger partial charge in [-0.1, -0.05) is 6.92 Å². The van der Waals surface area contributed by atoms with Gasteiger partial charge >= 0.3 is 0 Å². The maximum Gasteiger partial charge on any atom is 0.239 e. The van der Waals surface area contributed by atoms with E-state index in [0.29, 0.717) is 11.8 Å². The number of rotatable bonds is 2. The lowest BCUT2D eigenvalue weighted by Crippen LogP contribution is -2.54. The molecule has 1 amide bonds. The number of piperidine rings is 2. The van der Waals surface area contributed by atoms with Crippen LogP contribution >= 0.6 is 0 Å². The van der Waals surface area contributed by atoms with Gasteiger partial charge in [0.2, 0.25) is 5.91 Å². The lowest BCUT2D eigenvalue weighted by atomic mass is 9.90. The molecule has 0 aromatic rings. The van der Waals surface area contributed by atoms with Gasteiger partial charge in [-0.25, -0.2) is 0 Å². The highest BCUT2D eigenvalue weighted by molar-refractivity contribution is 5.82. The molecule has 2 saturated heterocycles. The molecule has 2 rings (SSSR count). The Morgan fingerprint density at radius 1 is 1.35 bits per heavy atom.